The Balaban J connectivity index is 0. The van der Waals surface area contributed by atoms with Crippen LogP contribution in [-0.2, 0) is 13.3 Å². The Bertz CT molecular complexity index is 79.6. The van der Waals surface area contributed by atoms with E-state index < -0.39 is 8.80 Å². The fourth-order valence-corrected chi connectivity index (χ4v) is 2.59. The lowest BCUT2D eigenvalue weighted by Crippen LogP contribution is -2.42. The van der Waals surface area contributed by atoms with Crippen molar-refractivity contribution >= 4 is 32.8 Å². The molecule has 0 saturated heterocycles. The van der Waals surface area contributed by atoms with Gasteiger partial charge in [-0.05, 0) is 0 Å². The molecule has 0 atom stereocenters. The molecule has 0 aliphatic rings. The molecule has 0 aromatic rings. The Hall–Kier alpha value is 0.827. The van der Waals surface area contributed by atoms with E-state index in [2.05, 4.69) is 6.92 Å². The summed E-state index contributed by atoms with van der Waals surface area (Å²) in [5.41, 5.74) is 0. The normalized spacial score (nSPS) is 10.9. The fourth-order valence-electron chi connectivity index (χ4n) is 0.862. The molecule has 3 nitrogen and oxygen atoms in total. The molecule has 5 heteroatoms. The zero-order chi connectivity index (χ0) is 8.04. The number of halogens is 1. The second-order valence-electron chi connectivity index (χ2n) is 2.05. The Labute approximate surface area is 86.8 Å². The van der Waals surface area contributed by atoms with E-state index in [0.717, 1.165) is 12.5 Å². The maximum absolute atomic E-state index is 5.17. The van der Waals surface area contributed by atoms with Crippen molar-refractivity contribution in [1.82, 2.24) is 0 Å². The van der Waals surface area contributed by atoms with Gasteiger partial charge in [-0.15, -0.1) is 24.0 Å². The van der Waals surface area contributed by atoms with Crippen molar-refractivity contribution in [2.75, 3.05) is 21.3 Å². The highest BCUT2D eigenvalue weighted by atomic mass is 127. The van der Waals surface area contributed by atoms with Crippen molar-refractivity contribution in [3.63, 3.8) is 0 Å². The predicted octanol–water partition coefficient (Wildman–Crippen LogP) is 1.89. The maximum Gasteiger partial charge on any atom is 0.500 e. The van der Waals surface area contributed by atoms with Crippen LogP contribution in [0.25, 0.3) is 0 Å². The summed E-state index contributed by atoms with van der Waals surface area (Å²) in [6, 6.07) is 0.885. The lowest BCUT2D eigenvalue weighted by atomic mass is 10.6. The highest BCUT2D eigenvalue weighted by Gasteiger charge is 2.36. The topological polar surface area (TPSA) is 27.7 Å². The Kier molecular flexibility index (Phi) is 9.76. The summed E-state index contributed by atoms with van der Waals surface area (Å²) in [7, 11) is 2.68. The molecule has 70 valence electrons. The van der Waals surface area contributed by atoms with Gasteiger partial charge in [-0.2, -0.15) is 0 Å². The van der Waals surface area contributed by atoms with E-state index >= 15 is 0 Å². The first-order valence-electron chi connectivity index (χ1n) is 3.40. The highest BCUT2D eigenvalue weighted by Crippen LogP contribution is 2.13. The van der Waals surface area contributed by atoms with Gasteiger partial charge in [-0.25, -0.2) is 0 Å². The molecule has 0 radical (unpaired) electrons. The highest BCUT2D eigenvalue weighted by molar-refractivity contribution is 14.0. The van der Waals surface area contributed by atoms with Crippen LogP contribution >= 0.6 is 24.0 Å². The van der Waals surface area contributed by atoms with Gasteiger partial charge in [-0.3, -0.25) is 0 Å². The van der Waals surface area contributed by atoms with Crippen LogP contribution in [0.5, 0.6) is 0 Å². The van der Waals surface area contributed by atoms with Gasteiger partial charge in [0.05, 0.1) is 0 Å². The first kappa shape index (κ1) is 14.4. The quantitative estimate of drug-likeness (QED) is 0.572. The van der Waals surface area contributed by atoms with Gasteiger partial charge < -0.3 is 13.3 Å². The minimum Gasteiger partial charge on any atom is -0.377 e. The molecule has 0 fully saturated rings. The zero-order valence-electron chi connectivity index (χ0n) is 7.55. The predicted molar refractivity (Wildman–Crippen MR) is 57.3 cm³/mol. The molecule has 0 aromatic heterocycles. The SMILES string of the molecule is CCC[Si](OC)(OC)OC.I. The van der Waals surface area contributed by atoms with Gasteiger partial charge in [0.1, 0.15) is 0 Å². The van der Waals surface area contributed by atoms with E-state index in [4.69, 9.17) is 13.3 Å². The van der Waals surface area contributed by atoms with Crippen LogP contribution in [0.1, 0.15) is 13.3 Å². The molecule has 0 saturated carbocycles. The molecule has 0 aromatic carbocycles. The molecular formula is C6H17IO3Si. The summed E-state index contributed by atoms with van der Waals surface area (Å²) >= 11 is 0. The summed E-state index contributed by atoms with van der Waals surface area (Å²) in [5.74, 6) is 0. The second-order valence-corrected chi connectivity index (χ2v) is 5.14. The first-order chi connectivity index (χ1) is 4.74. The van der Waals surface area contributed by atoms with Gasteiger partial charge in [-0.1, -0.05) is 13.3 Å². The Morgan fingerprint density at radius 1 is 1.00 bits per heavy atom. The van der Waals surface area contributed by atoms with Crippen molar-refractivity contribution in [2.45, 2.75) is 19.4 Å². The number of hydrogen-bond acceptors (Lipinski definition) is 3. The van der Waals surface area contributed by atoms with Gasteiger partial charge in [0.25, 0.3) is 0 Å². The average molecular weight is 292 g/mol. The summed E-state index contributed by atoms with van der Waals surface area (Å²) in [5, 5.41) is 0. The molecular weight excluding hydrogens is 275 g/mol. The summed E-state index contributed by atoms with van der Waals surface area (Å²) in [6.07, 6.45) is 1.03. The summed E-state index contributed by atoms with van der Waals surface area (Å²) < 4.78 is 15.5. The molecule has 0 bridgehead atoms. The molecule has 0 N–H and O–H groups in total. The van der Waals surface area contributed by atoms with Gasteiger partial charge in [0.15, 0.2) is 0 Å². The standard InChI is InChI=1S/C6H16O3Si.HI/c1-5-6-10(7-2,8-3)9-4;/h5-6H2,1-4H3;1H. The third-order valence-electron chi connectivity index (χ3n) is 1.49. The van der Waals surface area contributed by atoms with Crippen LogP contribution in [-0.4, -0.2) is 30.1 Å². The molecule has 0 aliphatic heterocycles. The molecule has 0 heterocycles. The van der Waals surface area contributed by atoms with Gasteiger partial charge >= 0.3 is 8.80 Å². The van der Waals surface area contributed by atoms with E-state index in [1.807, 2.05) is 0 Å². The molecule has 0 amide bonds. The lowest BCUT2D eigenvalue weighted by Gasteiger charge is -2.23. The average Bonchev–Trinajstić information content (AvgIpc) is 2.01. The van der Waals surface area contributed by atoms with Crippen molar-refractivity contribution in [1.29, 1.82) is 0 Å². The van der Waals surface area contributed by atoms with Crippen LogP contribution in [0.15, 0.2) is 0 Å². The van der Waals surface area contributed by atoms with Crippen LogP contribution in [0.3, 0.4) is 0 Å². The summed E-state index contributed by atoms with van der Waals surface area (Å²) in [4.78, 5) is 0. The van der Waals surface area contributed by atoms with Crippen LogP contribution in [0.2, 0.25) is 6.04 Å². The van der Waals surface area contributed by atoms with Crippen LogP contribution in [0, 0.1) is 0 Å². The number of rotatable bonds is 5. The maximum atomic E-state index is 5.17. The molecule has 0 unspecified atom stereocenters. The smallest absolute Gasteiger partial charge is 0.377 e. The minimum atomic E-state index is -2.22. The third kappa shape index (κ3) is 4.41. The second kappa shape index (κ2) is 7.47. The van der Waals surface area contributed by atoms with Crippen molar-refractivity contribution in [3.8, 4) is 0 Å². The van der Waals surface area contributed by atoms with Crippen molar-refractivity contribution in [3.05, 3.63) is 0 Å². The van der Waals surface area contributed by atoms with Gasteiger partial charge in [0.2, 0.25) is 0 Å². The third-order valence-corrected chi connectivity index (χ3v) is 4.47. The molecule has 11 heavy (non-hydrogen) atoms. The van der Waals surface area contributed by atoms with E-state index in [-0.39, 0.29) is 24.0 Å². The van der Waals surface area contributed by atoms with E-state index in [1.54, 1.807) is 21.3 Å². The lowest BCUT2D eigenvalue weighted by molar-refractivity contribution is 0.123. The van der Waals surface area contributed by atoms with Crippen molar-refractivity contribution < 1.29 is 13.3 Å². The molecule has 0 rings (SSSR count). The molecule has 0 aliphatic carbocycles. The monoisotopic (exact) mass is 292 g/mol. The fraction of sp³-hybridized carbons (Fsp3) is 1.00. The zero-order valence-corrected chi connectivity index (χ0v) is 10.9. The van der Waals surface area contributed by atoms with E-state index in [0.29, 0.717) is 0 Å². The van der Waals surface area contributed by atoms with Gasteiger partial charge in [0, 0.05) is 27.4 Å². The van der Waals surface area contributed by atoms with E-state index in [9.17, 15) is 0 Å². The van der Waals surface area contributed by atoms with Crippen LogP contribution in [0.4, 0.5) is 0 Å². The Morgan fingerprint density at radius 2 is 1.36 bits per heavy atom. The summed E-state index contributed by atoms with van der Waals surface area (Å²) in [6.45, 7) is 2.08. The number of hydrogen-bond donors (Lipinski definition) is 0. The first-order valence-corrected chi connectivity index (χ1v) is 5.33. The van der Waals surface area contributed by atoms with E-state index in [1.165, 1.54) is 0 Å². The molecule has 0 spiro atoms. The van der Waals surface area contributed by atoms with Crippen molar-refractivity contribution in [2.24, 2.45) is 0 Å². The largest absolute Gasteiger partial charge is 0.500 e. The van der Waals surface area contributed by atoms with Crippen LogP contribution < -0.4 is 0 Å². The minimum absolute atomic E-state index is 0. The Morgan fingerprint density at radius 3 is 1.45 bits per heavy atom.